The quantitative estimate of drug-likeness (QED) is 0.701. The number of carbonyl (C=O) groups is 1. The van der Waals surface area contributed by atoms with Gasteiger partial charge >= 0.3 is 0 Å². The Morgan fingerprint density at radius 2 is 1.82 bits per heavy atom. The van der Waals surface area contributed by atoms with Crippen molar-refractivity contribution in [3.05, 3.63) is 54.6 Å². The van der Waals surface area contributed by atoms with Gasteiger partial charge in [-0.15, -0.1) is 0 Å². The Hall–Kier alpha value is -2.38. The van der Waals surface area contributed by atoms with Gasteiger partial charge in [-0.2, -0.15) is 0 Å². The predicted molar refractivity (Wildman–Crippen MR) is 112 cm³/mol. The Balaban J connectivity index is 1.69. The van der Waals surface area contributed by atoms with Crippen LogP contribution < -0.4 is 9.62 Å². The van der Waals surface area contributed by atoms with Gasteiger partial charge in [-0.05, 0) is 55.6 Å². The first-order valence-corrected chi connectivity index (χ1v) is 11.0. The van der Waals surface area contributed by atoms with E-state index in [0.29, 0.717) is 17.9 Å². The van der Waals surface area contributed by atoms with E-state index in [4.69, 9.17) is 0 Å². The Labute approximate surface area is 167 Å². The summed E-state index contributed by atoms with van der Waals surface area (Å²) in [6.45, 7) is 4.12. The minimum absolute atomic E-state index is 0.131. The van der Waals surface area contributed by atoms with Gasteiger partial charge in [0.1, 0.15) is 0 Å². The molecular weight excluding hydrogens is 374 g/mol. The fraction of sp³-hybridized carbons (Fsp3) is 0.381. The van der Waals surface area contributed by atoms with Crippen LogP contribution in [0.1, 0.15) is 19.8 Å². The number of carbonyl (C=O) groups excluding carboxylic acids is 1. The lowest BCUT2D eigenvalue weighted by atomic mass is 10.3. The van der Waals surface area contributed by atoms with Gasteiger partial charge in [-0.3, -0.25) is 14.0 Å². The first-order chi connectivity index (χ1) is 13.4. The number of benzene rings is 2. The summed E-state index contributed by atoms with van der Waals surface area (Å²) in [7, 11) is -2.19. The second kappa shape index (κ2) is 8.75. The van der Waals surface area contributed by atoms with Gasteiger partial charge in [0.05, 0.1) is 17.1 Å². The molecule has 0 saturated heterocycles. The van der Waals surface area contributed by atoms with Crippen molar-refractivity contribution in [2.75, 3.05) is 36.3 Å². The van der Waals surface area contributed by atoms with Crippen LogP contribution in [0.5, 0.6) is 0 Å². The van der Waals surface area contributed by atoms with Crippen molar-refractivity contribution in [1.82, 2.24) is 4.90 Å². The normalized spacial score (nSPS) is 14.1. The summed E-state index contributed by atoms with van der Waals surface area (Å²) >= 11 is 0. The molecule has 0 heterocycles. The van der Waals surface area contributed by atoms with E-state index in [0.717, 1.165) is 19.0 Å². The molecule has 1 saturated carbocycles. The molecule has 0 spiro atoms. The molecule has 0 bridgehead atoms. The molecule has 7 heteroatoms. The second-order valence-electron chi connectivity index (χ2n) is 7.16. The molecule has 1 amide bonds. The Bertz CT molecular complexity index is 912. The largest absolute Gasteiger partial charge is 0.325 e. The Morgan fingerprint density at radius 3 is 2.46 bits per heavy atom. The van der Waals surface area contributed by atoms with E-state index >= 15 is 0 Å². The van der Waals surface area contributed by atoms with Gasteiger partial charge in [-0.1, -0.05) is 31.2 Å². The van der Waals surface area contributed by atoms with Crippen LogP contribution in [0, 0.1) is 5.92 Å². The Kier molecular flexibility index (Phi) is 6.36. The average Bonchev–Trinajstić information content (AvgIpc) is 3.51. The van der Waals surface area contributed by atoms with Crippen LogP contribution in [0.2, 0.25) is 0 Å². The molecule has 2 aromatic rings. The maximum atomic E-state index is 12.9. The second-order valence-corrected chi connectivity index (χ2v) is 9.12. The van der Waals surface area contributed by atoms with E-state index in [2.05, 4.69) is 10.2 Å². The summed E-state index contributed by atoms with van der Waals surface area (Å²) in [5, 5.41) is 2.83. The minimum Gasteiger partial charge on any atom is -0.325 e. The zero-order chi connectivity index (χ0) is 20.1. The topological polar surface area (TPSA) is 69.7 Å². The van der Waals surface area contributed by atoms with Crippen molar-refractivity contribution >= 4 is 27.3 Å². The SMILES string of the molecule is CCN(CC(=O)Nc1cccc(S(=O)(=O)N(C)c2ccccc2)c1)CC1CC1. The van der Waals surface area contributed by atoms with Crippen LogP contribution in [0.3, 0.4) is 0 Å². The highest BCUT2D eigenvalue weighted by Gasteiger charge is 2.25. The summed E-state index contributed by atoms with van der Waals surface area (Å²) < 4.78 is 27.1. The minimum atomic E-state index is -3.71. The lowest BCUT2D eigenvalue weighted by molar-refractivity contribution is -0.117. The third-order valence-electron chi connectivity index (χ3n) is 4.92. The molecule has 0 atom stereocenters. The highest BCUT2D eigenvalue weighted by molar-refractivity contribution is 7.92. The molecule has 1 aliphatic carbocycles. The molecule has 2 aromatic carbocycles. The van der Waals surface area contributed by atoms with Crippen LogP contribution in [-0.4, -0.2) is 45.9 Å². The van der Waals surface area contributed by atoms with E-state index in [1.54, 1.807) is 36.4 Å². The van der Waals surface area contributed by atoms with Gasteiger partial charge in [0.15, 0.2) is 0 Å². The maximum Gasteiger partial charge on any atom is 0.264 e. The highest BCUT2D eigenvalue weighted by atomic mass is 32.2. The Morgan fingerprint density at radius 1 is 1.11 bits per heavy atom. The van der Waals surface area contributed by atoms with E-state index in [1.165, 1.54) is 36.3 Å². The third kappa shape index (κ3) is 5.11. The number of sulfonamides is 1. The molecule has 1 fully saturated rings. The number of amides is 1. The number of anilines is 2. The molecule has 0 unspecified atom stereocenters. The number of hydrogen-bond donors (Lipinski definition) is 1. The summed E-state index contributed by atoms with van der Waals surface area (Å²) in [6.07, 6.45) is 2.49. The first kappa shape index (κ1) is 20.4. The average molecular weight is 402 g/mol. The van der Waals surface area contributed by atoms with Gasteiger partial charge in [0, 0.05) is 19.3 Å². The highest BCUT2D eigenvalue weighted by Crippen LogP contribution is 2.29. The molecule has 0 aliphatic heterocycles. The molecular formula is C21H27N3O3S. The first-order valence-electron chi connectivity index (χ1n) is 9.56. The summed E-state index contributed by atoms with van der Waals surface area (Å²) in [4.78, 5) is 14.6. The van der Waals surface area contributed by atoms with E-state index in [9.17, 15) is 13.2 Å². The van der Waals surface area contributed by atoms with Crippen molar-refractivity contribution in [3.63, 3.8) is 0 Å². The lowest BCUT2D eigenvalue weighted by Gasteiger charge is -2.21. The van der Waals surface area contributed by atoms with Gasteiger partial charge in [0.2, 0.25) is 5.91 Å². The number of rotatable bonds is 9. The third-order valence-corrected chi connectivity index (χ3v) is 6.71. The van der Waals surface area contributed by atoms with Crippen molar-refractivity contribution < 1.29 is 13.2 Å². The number of para-hydroxylation sites is 1. The van der Waals surface area contributed by atoms with Crippen molar-refractivity contribution in [1.29, 1.82) is 0 Å². The van der Waals surface area contributed by atoms with Crippen LogP contribution in [0.25, 0.3) is 0 Å². The monoisotopic (exact) mass is 401 g/mol. The molecule has 3 rings (SSSR count). The standard InChI is InChI=1S/C21H27N3O3S/c1-3-24(15-17-12-13-17)16-21(25)22-18-8-7-11-20(14-18)28(26,27)23(2)19-9-5-4-6-10-19/h4-11,14,17H,3,12-13,15-16H2,1-2H3,(H,22,25). The number of hydrogen-bond acceptors (Lipinski definition) is 4. The summed E-state index contributed by atoms with van der Waals surface area (Å²) in [6, 6.07) is 15.3. The van der Waals surface area contributed by atoms with Crippen molar-refractivity contribution in [2.45, 2.75) is 24.7 Å². The van der Waals surface area contributed by atoms with Crippen molar-refractivity contribution in [3.8, 4) is 0 Å². The maximum absolute atomic E-state index is 12.9. The molecule has 28 heavy (non-hydrogen) atoms. The van der Waals surface area contributed by atoms with Crippen LogP contribution in [0.4, 0.5) is 11.4 Å². The molecule has 6 nitrogen and oxygen atoms in total. The number of likely N-dealkylation sites (N-methyl/N-ethyl adjacent to an activating group) is 1. The number of nitrogens with one attached hydrogen (secondary N) is 1. The van der Waals surface area contributed by atoms with Crippen LogP contribution >= 0.6 is 0 Å². The van der Waals surface area contributed by atoms with Gasteiger partial charge in [0.25, 0.3) is 10.0 Å². The lowest BCUT2D eigenvalue weighted by Crippen LogP contribution is -2.34. The molecule has 0 radical (unpaired) electrons. The molecule has 1 aliphatic rings. The van der Waals surface area contributed by atoms with E-state index in [1.807, 2.05) is 13.0 Å². The smallest absolute Gasteiger partial charge is 0.264 e. The number of nitrogens with zero attached hydrogens (tertiary/aromatic N) is 2. The van der Waals surface area contributed by atoms with Crippen LogP contribution in [-0.2, 0) is 14.8 Å². The van der Waals surface area contributed by atoms with E-state index in [-0.39, 0.29) is 10.8 Å². The van der Waals surface area contributed by atoms with Gasteiger partial charge in [-0.25, -0.2) is 8.42 Å². The summed E-state index contributed by atoms with van der Waals surface area (Å²) in [5.41, 5.74) is 1.06. The molecule has 150 valence electrons. The van der Waals surface area contributed by atoms with Crippen LogP contribution in [0.15, 0.2) is 59.5 Å². The molecule has 0 aromatic heterocycles. The fourth-order valence-electron chi connectivity index (χ4n) is 3.04. The van der Waals surface area contributed by atoms with Gasteiger partial charge < -0.3 is 5.32 Å². The summed E-state index contributed by atoms with van der Waals surface area (Å²) in [5.74, 6) is 0.586. The molecule has 1 N–H and O–H groups in total. The van der Waals surface area contributed by atoms with Crippen molar-refractivity contribution in [2.24, 2.45) is 5.92 Å². The zero-order valence-electron chi connectivity index (χ0n) is 16.3. The predicted octanol–water partition coefficient (Wildman–Crippen LogP) is 3.18. The fourth-order valence-corrected chi connectivity index (χ4v) is 4.29. The van der Waals surface area contributed by atoms with E-state index < -0.39 is 10.0 Å². The zero-order valence-corrected chi connectivity index (χ0v) is 17.2.